The van der Waals surface area contributed by atoms with E-state index >= 15 is 0 Å². The van der Waals surface area contributed by atoms with Gasteiger partial charge < -0.3 is 19.7 Å². The molecule has 2 rings (SSSR count). The van der Waals surface area contributed by atoms with Gasteiger partial charge in [-0.1, -0.05) is 31.0 Å². The Bertz CT molecular complexity index is 889. The Labute approximate surface area is 174 Å². The van der Waals surface area contributed by atoms with Gasteiger partial charge in [0.25, 0.3) is 0 Å². The molecule has 1 aromatic carbocycles. The highest BCUT2D eigenvalue weighted by Gasteiger charge is 2.27. The van der Waals surface area contributed by atoms with Gasteiger partial charge in [0, 0.05) is 18.3 Å². The van der Waals surface area contributed by atoms with Crippen molar-refractivity contribution in [1.82, 2.24) is 0 Å². The van der Waals surface area contributed by atoms with Crippen LogP contribution in [0.25, 0.3) is 0 Å². The molecule has 1 N–H and O–H groups in total. The number of nitrogens with one attached hydrogen (secondary N) is 1. The first kappa shape index (κ1) is 22.2. The molecule has 8 heteroatoms. The van der Waals surface area contributed by atoms with Crippen molar-refractivity contribution in [3.8, 4) is 0 Å². The second kappa shape index (κ2) is 10.5. The maximum absolute atomic E-state index is 12.4. The molecule has 0 fully saturated rings. The quantitative estimate of drug-likeness (QED) is 0.674. The molecule has 0 atom stereocenters. The van der Waals surface area contributed by atoms with Crippen molar-refractivity contribution in [2.75, 3.05) is 24.4 Å². The van der Waals surface area contributed by atoms with Crippen LogP contribution in [0.1, 0.15) is 26.2 Å². The lowest BCUT2D eigenvalue weighted by atomic mass is 10.1. The first-order valence-electron chi connectivity index (χ1n) is 9.07. The van der Waals surface area contributed by atoms with E-state index in [2.05, 4.69) is 5.32 Å². The maximum atomic E-state index is 12.4. The van der Waals surface area contributed by atoms with Gasteiger partial charge in [-0.05, 0) is 36.8 Å². The fraction of sp³-hybridized carbons (Fsp3) is 0.286. The molecule has 1 aromatic rings. The lowest BCUT2D eigenvalue weighted by molar-refractivity contribution is -0.139. The van der Waals surface area contributed by atoms with Crippen LogP contribution in [0.2, 0.25) is 5.02 Å². The smallest absolute Gasteiger partial charge is 0.355 e. The zero-order chi connectivity index (χ0) is 21.4. The van der Waals surface area contributed by atoms with Crippen LogP contribution < -0.4 is 10.2 Å². The molecule has 29 heavy (non-hydrogen) atoms. The number of ether oxygens (including phenoxy) is 2. The molecule has 1 aliphatic rings. The van der Waals surface area contributed by atoms with Crippen LogP contribution in [0.4, 0.5) is 11.4 Å². The van der Waals surface area contributed by atoms with Crippen molar-refractivity contribution in [2.45, 2.75) is 26.2 Å². The molecule has 0 aliphatic carbocycles. The summed E-state index contributed by atoms with van der Waals surface area (Å²) in [7, 11) is 2.45. The number of methoxy groups -OCH3 is 2. The molecular formula is C21H23ClN2O5. The summed E-state index contributed by atoms with van der Waals surface area (Å²) < 4.78 is 9.65. The Hall–Kier alpha value is -3.06. The fourth-order valence-electron chi connectivity index (χ4n) is 2.67. The number of carbonyl (C=O) groups is 3. The number of amides is 1. The molecule has 1 amide bonds. The predicted octanol–water partition coefficient (Wildman–Crippen LogP) is 3.96. The number of halogens is 1. The van der Waals surface area contributed by atoms with E-state index in [4.69, 9.17) is 21.1 Å². The summed E-state index contributed by atoms with van der Waals surface area (Å²) in [6.07, 6.45) is 8.46. The van der Waals surface area contributed by atoms with Gasteiger partial charge in [0.05, 0.1) is 30.5 Å². The number of rotatable bonds is 7. The number of allylic oxidation sites excluding steroid dienone is 2. The summed E-state index contributed by atoms with van der Waals surface area (Å²) in [6, 6.07) is 4.90. The van der Waals surface area contributed by atoms with E-state index in [0.29, 0.717) is 22.8 Å². The highest BCUT2D eigenvalue weighted by molar-refractivity contribution is 6.34. The van der Waals surface area contributed by atoms with Crippen molar-refractivity contribution < 1.29 is 23.9 Å². The maximum Gasteiger partial charge on any atom is 0.355 e. The van der Waals surface area contributed by atoms with Crippen LogP contribution in [-0.2, 0) is 23.9 Å². The summed E-state index contributed by atoms with van der Waals surface area (Å²) in [5, 5.41) is 3.06. The average molecular weight is 419 g/mol. The standard InChI is InChI=1S/C21H23ClN2O5/c1-4-5-9-18(25)23-17-11-10-14(13-16(17)22)24-12-7-6-8-15(20(26)28-2)19(24)21(27)29-3/h6-8,10-13H,4-5,9H2,1-3H3,(H,23,25). The van der Waals surface area contributed by atoms with E-state index in [9.17, 15) is 14.4 Å². The largest absolute Gasteiger partial charge is 0.465 e. The zero-order valence-electron chi connectivity index (χ0n) is 16.5. The number of nitrogens with zero attached hydrogens (tertiary/aromatic N) is 1. The van der Waals surface area contributed by atoms with E-state index in [1.165, 1.54) is 25.2 Å². The molecule has 154 valence electrons. The summed E-state index contributed by atoms with van der Waals surface area (Å²) in [4.78, 5) is 38.1. The molecule has 0 aromatic heterocycles. The Morgan fingerprint density at radius 3 is 2.45 bits per heavy atom. The van der Waals surface area contributed by atoms with Gasteiger partial charge in [0.2, 0.25) is 5.91 Å². The zero-order valence-corrected chi connectivity index (χ0v) is 17.3. The molecule has 0 saturated heterocycles. The number of benzene rings is 1. The second-order valence-corrected chi connectivity index (χ2v) is 6.54. The topological polar surface area (TPSA) is 84.9 Å². The normalized spacial score (nSPS) is 13.2. The minimum atomic E-state index is -0.713. The predicted molar refractivity (Wildman–Crippen MR) is 111 cm³/mol. The van der Waals surface area contributed by atoms with E-state index in [0.717, 1.165) is 12.8 Å². The molecular weight excluding hydrogens is 396 g/mol. The number of anilines is 2. The first-order chi connectivity index (χ1) is 13.9. The summed E-state index contributed by atoms with van der Waals surface area (Å²) in [6.45, 7) is 2.01. The van der Waals surface area contributed by atoms with Gasteiger partial charge in [-0.15, -0.1) is 0 Å². The third kappa shape index (κ3) is 5.48. The third-order valence-electron chi connectivity index (χ3n) is 4.15. The fourth-order valence-corrected chi connectivity index (χ4v) is 2.89. The molecule has 1 heterocycles. The van der Waals surface area contributed by atoms with E-state index in [1.807, 2.05) is 6.92 Å². The molecule has 7 nitrogen and oxygen atoms in total. The summed E-state index contributed by atoms with van der Waals surface area (Å²) in [5.41, 5.74) is 0.992. The van der Waals surface area contributed by atoms with Gasteiger partial charge in [-0.3, -0.25) is 4.79 Å². The summed E-state index contributed by atoms with van der Waals surface area (Å²) in [5.74, 6) is -1.51. The van der Waals surface area contributed by atoms with Gasteiger partial charge >= 0.3 is 11.9 Å². The lowest BCUT2D eigenvalue weighted by Gasteiger charge is -2.23. The van der Waals surface area contributed by atoms with Crippen LogP contribution >= 0.6 is 11.6 Å². The molecule has 0 radical (unpaired) electrons. The van der Waals surface area contributed by atoms with Crippen LogP contribution in [0.15, 0.2) is 53.9 Å². The van der Waals surface area contributed by atoms with Crippen molar-refractivity contribution in [3.63, 3.8) is 0 Å². The van der Waals surface area contributed by atoms with Gasteiger partial charge in [0.1, 0.15) is 5.70 Å². The summed E-state index contributed by atoms with van der Waals surface area (Å²) >= 11 is 6.35. The SMILES string of the molecule is CCCCC(=O)Nc1ccc(N2C=CC=CC(C(=O)OC)=C2C(=O)OC)cc1Cl. The minimum absolute atomic E-state index is 0.0138. The number of esters is 2. The number of hydrogen-bond acceptors (Lipinski definition) is 6. The van der Waals surface area contributed by atoms with E-state index < -0.39 is 11.9 Å². The van der Waals surface area contributed by atoms with Crippen molar-refractivity contribution in [2.24, 2.45) is 0 Å². The minimum Gasteiger partial charge on any atom is -0.465 e. The Morgan fingerprint density at radius 2 is 1.83 bits per heavy atom. The molecule has 0 bridgehead atoms. The van der Waals surface area contributed by atoms with Crippen LogP contribution in [0.5, 0.6) is 0 Å². The third-order valence-corrected chi connectivity index (χ3v) is 4.46. The van der Waals surface area contributed by atoms with Crippen LogP contribution in [-0.4, -0.2) is 32.1 Å². The van der Waals surface area contributed by atoms with Crippen molar-refractivity contribution in [3.05, 3.63) is 58.9 Å². The molecule has 0 saturated carbocycles. The lowest BCUT2D eigenvalue weighted by Crippen LogP contribution is -2.27. The van der Waals surface area contributed by atoms with Crippen molar-refractivity contribution in [1.29, 1.82) is 0 Å². The Kier molecular flexibility index (Phi) is 8.03. The van der Waals surface area contributed by atoms with Crippen molar-refractivity contribution >= 4 is 40.8 Å². The monoisotopic (exact) mass is 418 g/mol. The van der Waals surface area contributed by atoms with Crippen LogP contribution in [0.3, 0.4) is 0 Å². The van der Waals surface area contributed by atoms with Gasteiger partial charge in [-0.2, -0.15) is 0 Å². The highest BCUT2D eigenvalue weighted by Crippen LogP contribution is 2.32. The van der Waals surface area contributed by atoms with Gasteiger partial charge in [-0.25, -0.2) is 9.59 Å². The second-order valence-electron chi connectivity index (χ2n) is 6.13. The molecule has 0 unspecified atom stereocenters. The first-order valence-corrected chi connectivity index (χ1v) is 9.45. The molecule has 1 aliphatic heterocycles. The van der Waals surface area contributed by atoms with E-state index in [-0.39, 0.29) is 17.2 Å². The van der Waals surface area contributed by atoms with Gasteiger partial charge in [0.15, 0.2) is 0 Å². The number of hydrogen-bond donors (Lipinski definition) is 1. The number of unbranched alkanes of at least 4 members (excludes halogenated alkanes) is 1. The van der Waals surface area contributed by atoms with Crippen LogP contribution in [0, 0.1) is 0 Å². The number of carbonyl (C=O) groups excluding carboxylic acids is 3. The Balaban J connectivity index is 2.43. The van der Waals surface area contributed by atoms with E-state index in [1.54, 1.807) is 36.6 Å². The average Bonchev–Trinajstić information content (AvgIpc) is 2.95. The molecule has 0 spiro atoms. The highest BCUT2D eigenvalue weighted by atomic mass is 35.5. The Morgan fingerprint density at radius 1 is 1.10 bits per heavy atom.